The highest BCUT2D eigenvalue weighted by molar-refractivity contribution is 7.99. The SMILES string of the molecule is CCN(CC)C(=O)c1cccc(NC(=O)CN2CCSc3ccccc32)c1. The van der Waals surface area contributed by atoms with Crippen LogP contribution in [0.3, 0.4) is 0 Å². The minimum atomic E-state index is -0.0795. The van der Waals surface area contributed by atoms with Gasteiger partial charge in [-0.15, -0.1) is 11.8 Å². The summed E-state index contributed by atoms with van der Waals surface area (Å²) >= 11 is 1.82. The average molecular weight is 384 g/mol. The maximum absolute atomic E-state index is 12.6. The molecule has 0 radical (unpaired) electrons. The number of hydrogen-bond acceptors (Lipinski definition) is 4. The van der Waals surface area contributed by atoms with Crippen LogP contribution in [0.5, 0.6) is 0 Å². The summed E-state index contributed by atoms with van der Waals surface area (Å²) < 4.78 is 0. The zero-order valence-electron chi connectivity index (χ0n) is 15.8. The summed E-state index contributed by atoms with van der Waals surface area (Å²) in [5.41, 5.74) is 2.35. The van der Waals surface area contributed by atoms with E-state index < -0.39 is 0 Å². The second kappa shape index (κ2) is 8.95. The van der Waals surface area contributed by atoms with Crippen molar-refractivity contribution in [3.05, 3.63) is 54.1 Å². The van der Waals surface area contributed by atoms with Gasteiger partial charge in [0.2, 0.25) is 5.91 Å². The number of carbonyl (C=O) groups is 2. The van der Waals surface area contributed by atoms with E-state index in [2.05, 4.69) is 22.3 Å². The van der Waals surface area contributed by atoms with E-state index >= 15 is 0 Å². The molecule has 1 aliphatic heterocycles. The number of para-hydroxylation sites is 1. The van der Waals surface area contributed by atoms with Crippen LogP contribution < -0.4 is 10.2 Å². The molecule has 5 nitrogen and oxygen atoms in total. The third kappa shape index (κ3) is 4.63. The van der Waals surface area contributed by atoms with Crippen molar-refractivity contribution in [3.63, 3.8) is 0 Å². The number of carbonyl (C=O) groups excluding carboxylic acids is 2. The van der Waals surface area contributed by atoms with Gasteiger partial charge in [-0.2, -0.15) is 0 Å². The van der Waals surface area contributed by atoms with Crippen molar-refractivity contribution in [3.8, 4) is 0 Å². The van der Waals surface area contributed by atoms with Crippen molar-refractivity contribution >= 4 is 35.0 Å². The predicted octanol–water partition coefficient (Wildman–Crippen LogP) is 3.72. The van der Waals surface area contributed by atoms with Crippen LogP contribution in [-0.2, 0) is 4.79 Å². The first-order valence-corrected chi connectivity index (χ1v) is 10.3. The Labute approximate surface area is 164 Å². The predicted molar refractivity (Wildman–Crippen MR) is 112 cm³/mol. The van der Waals surface area contributed by atoms with Crippen LogP contribution >= 0.6 is 11.8 Å². The largest absolute Gasteiger partial charge is 0.360 e. The van der Waals surface area contributed by atoms with Gasteiger partial charge < -0.3 is 15.1 Å². The van der Waals surface area contributed by atoms with E-state index in [1.807, 2.05) is 43.8 Å². The van der Waals surface area contributed by atoms with Crippen LogP contribution in [-0.4, -0.2) is 48.6 Å². The highest BCUT2D eigenvalue weighted by Crippen LogP contribution is 2.34. The first-order valence-electron chi connectivity index (χ1n) is 9.28. The van der Waals surface area contributed by atoms with E-state index in [1.54, 1.807) is 23.1 Å². The molecule has 0 atom stereocenters. The number of hydrogen-bond donors (Lipinski definition) is 1. The molecule has 0 unspecified atom stereocenters. The van der Waals surface area contributed by atoms with Crippen LogP contribution in [0, 0.1) is 0 Å². The molecule has 1 N–H and O–H groups in total. The quantitative estimate of drug-likeness (QED) is 0.826. The second-order valence-corrected chi connectivity index (χ2v) is 7.48. The van der Waals surface area contributed by atoms with Crippen LogP contribution in [0.2, 0.25) is 0 Å². The van der Waals surface area contributed by atoms with Crippen LogP contribution in [0.1, 0.15) is 24.2 Å². The Morgan fingerprint density at radius 1 is 1.11 bits per heavy atom. The number of amides is 2. The molecule has 2 aromatic rings. The summed E-state index contributed by atoms with van der Waals surface area (Å²) in [7, 11) is 0. The Hall–Kier alpha value is -2.47. The zero-order valence-corrected chi connectivity index (χ0v) is 16.6. The van der Waals surface area contributed by atoms with Gasteiger partial charge in [-0.05, 0) is 44.2 Å². The van der Waals surface area contributed by atoms with Gasteiger partial charge in [-0.1, -0.05) is 18.2 Å². The van der Waals surface area contributed by atoms with Gasteiger partial charge in [-0.3, -0.25) is 9.59 Å². The molecule has 27 heavy (non-hydrogen) atoms. The summed E-state index contributed by atoms with van der Waals surface area (Å²) in [4.78, 5) is 30.1. The highest BCUT2D eigenvalue weighted by Gasteiger charge is 2.19. The lowest BCUT2D eigenvalue weighted by Crippen LogP contribution is -2.36. The first-order chi connectivity index (χ1) is 13.1. The minimum Gasteiger partial charge on any atom is -0.360 e. The van der Waals surface area contributed by atoms with E-state index in [0.717, 1.165) is 18.0 Å². The zero-order chi connectivity index (χ0) is 19.2. The van der Waals surface area contributed by atoms with Crippen LogP contribution in [0.25, 0.3) is 0 Å². The topological polar surface area (TPSA) is 52.7 Å². The van der Waals surface area contributed by atoms with Gasteiger partial charge in [0.25, 0.3) is 5.91 Å². The summed E-state index contributed by atoms with van der Waals surface area (Å²) in [5.74, 6) is 0.875. The van der Waals surface area contributed by atoms with Crippen molar-refractivity contribution in [1.29, 1.82) is 0 Å². The van der Waals surface area contributed by atoms with E-state index in [1.165, 1.54) is 4.90 Å². The number of anilines is 2. The molecule has 0 bridgehead atoms. The minimum absolute atomic E-state index is 0.0157. The lowest BCUT2D eigenvalue weighted by atomic mass is 10.1. The van der Waals surface area contributed by atoms with Gasteiger partial charge in [0.05, 0.1) is 12.2 Å². The monoisotopic (exact) mass is 383 g/mol. The third-order valence-corrected chi connectivity index (χ3v) is 5.65. The fourth-order valence-corrected chi connectivity index (χ4v) is 4.24. The van der Waals surface area contributed by atoms with Gasteiger partial charge in [0, 0.05) is 41.5 Å². The number of fused-ring (bicyclic) bond motifs is 1. The third-order valence-electron chi connectivity index (χ3n) is 4.60. The van der Waals surface area contributed by atoms with Crippen molar-refractivity contribution in [2.45, 2.75) is 18.7 Å². The van der Waals surface area contributed by atoms with Gasteiger partial charge in [0.1, 0.15) is 0 Å². The molecular formula is C21H25N3O2S. The number of rotatable bonds is 6. The second-order valence-electron chi connectivity index (χ2n) is 6.34. The fraction of sp³-hybridized carbons (Fsp3) is 0.333. The lowest BCUT2D eigenvalue weighted by Gasteiger charge is -2.30. The number of thioether (sulfide) groups is 1. The Balaban J connectivity index is 1.67. The van der Waals surface area contributed by atoms with E-state index in [4.69, 9.17) is 0 Å². The normalized spacial score (nSPS) is 13.0. The van der Waals surface area contributed by atoms with E-state index in [9.17, 15) is 9.59 Å². The van der Waals surface area contributed by atoms with E-state index in [0.29, 0.717) is 30.9 Å². The molecule has 0 saturated heterocycles. The smallest absolute Gasteiger partial charge is 0.253 e. The highest BCUT2D eigenvalue weighted by atomic mass is 32.2. The molecule has 3 rings (SSSR count). The Morgan fingerprint density at radius 2 is 1.89 bits per heavy atom. The van der Waals surface area contributed by atoms with Gasteiger partial charge in [-0.25, -0.2) is 0 Å². The molecule has 0 aromatic heterocycles. The van der Waals surface area contributed by atoms with E-state index in [-0.39, 0.29) is 11.8 Å². The molecule has 2 aromatic carbocycles. The standard InChI is InChI=1S/C21H25N3O2S/c1-3-23(4-2)21(26)16-8-7-9-17(14-16)22-20(25)15-24-12-13-27-19-11-6-5-10-18(19)24/h5-11,14H,3-4,12-13,15H2,1-2H3,(H,22,25). The van der Waals surface area contributed by atoms with Crippen molar-refractivity contribution < 1.29 is 9.59 Å². The molecule has 2 amide bonds. The van der Waals surface area contributed by atoms with Crippen LogP contribution in [0.4, 0.5) is 11.4 Å². The molecule has 6 heteroatoms. The Bertz CT molecular complexity index is 821. The summed E-state index contributed by atoms with van der Waals surface area (Å²) in [6, 6.07) is 15.3. The molecule has 0 spiro atoms. The number of nitrogens with zero attached hydrogens (tertiary/aromatic N) is 2. The number of nitrogens with one attached hydrogen (secondary N) is 1. The number of benzene rings is 2. The fourth-order valence-electron chi connectivity index (χ4n) is 3.19. The summed E-state index contributed by atoms with van der Waals surface area (Å²) in [5, 5.41) is 2.93. The Kier molecular flexibility index (Phi) is 6.40. The molecule has 0 aliphatic carbocycles. The Morgan fingerprint density at radius 3 is 2.67 bits per heavy atom. The van der Waals surface area contributed by atoms with Crippen molar-refractivity contribution in [2.75, 3.05) is 42.1 Å². The van der Waals surface area contributed by atoms with Gasteiger partial charge >= 0.3 is 0 Å². The van der Waals surface area contributed by atoms with Crippen molar-refractivity contribution in [2.24, 2.45) is 0 Å². The molecule has 1 aliphatic rings. The molecule has 0 saturated carbocycles. The summed E-state index contributed by atoms with van der Waals surface area (Å²) in [6.45, 7) is 6.39. The van der Waals surface area contributed by atoms with Crippen molar-refractivity contribution in [1.82, 2.24) is 4.90 Å². The van der Waals surface area contributed by atoms with Crippen LogP contribution in [0.15, 0.2) is 53.4 Å². The maximum atomic E-state index is 12.6. The summed E-state index contributed by atoms with van der Waals surface area (Å²) in [6.07, 6.45) is 0. The maximum Gasteiger partial charge on any atom is 0.253 e. The first kappa shape index (κ1) is 19.3. The molecular weight excluding hydrogens is 358 g/mol. The molecule has 142 valence electrons. The molecule has 0 fully saturated rings. The lowest BCUT2D eigenvalue weighted by molar-refractivity contribution is -0.115. The molecule has 1 heterocycles. The average Bonchev–Trinajstić information content (AvgIpc) is 2.69. The van der Waals surface area contributed by atoms with Gasteiger partial charge in [0.15, 0.2) is 0 Å².